The predicted molar refractivity (Wildman–Crippen MR) is 76.8 cm³/mol. The van der Waals surface area contributed by atoms with Crippen LogP contribution in [0.2, 0.25) is 0 Å². The Kier molecular flexibility index (Phi) is 6.73. The van der Waals surface area contributed by atoms with Crippen LogP contribution in [0.25, 0.3) is 0 Å². The van der Waals surface area contributed by atoms with Gasteiger partial charge in [-0.05, 0) is 41.5 Å². The maximum atomic E-state index is 11.9. The van der Waals surface area contributed by atoms with Gasteiger partial charge in [0.2, 0.25) is 12.2 Å². The summed E-state index contributed by atoms with van der Waals surface area (Å²) < 4.78 is 14.5. The topological polar surface area (TPSA) is 96.0 Å². The standard InChI is InChI=1S/C15H24O7/c1-14(2,3)12(18)21-9(8-16)10(11(17)20-7)22-13(19)15(4,5)6/h8-10H,1-7H3/t9-,10+/m0/s1. The van der Waals surface area contributed by atoms with Gasteiger partial charge in [-0.3, -0.25) is 14.4 Å². The molecule has 7 nitrogen and oxygen atoms in total. The smallest absolute Gasteiger partial charge is 0.351 e. The van der Waals surface area contributed by atoms with Gasteiger partial charge in [-0.1, -0.05) is 0 Å². The summed E-state index contributed by atoms with van der Waals surface area (Å²) in [5.41, 5.74) is -1.77. The molecule has 0 amide bonds. The fourth-order valence-electron chi connectivity index (χ4n) is 1.12. The molecule has 0 aliphatic heterocycles. The number of carbonyl (C=O) groups is 4. The fourth-order valence-corrected chi connectivity index (χ4v) is 1.12. The van der Waals surface area contributed by atoms with Crippen LogP contribution in [0.15, 0.2) is 0 Å². The molecule has 0 heterocycles. The second-order valence-electron chi connectivity index (χ2n) is 6.86. The zero-order valence-electron chi connectivity index (χ0n) is 14.1. The number of ether oxygens (including phenoxy) is 3. The zero-order valence-corrected chi connectivity index (χ0v) is 14.1. The molecule has 0 saturated heterocycles. The third kappa shape index (κ3) is 5.83. The van der Waals surface area contributed by atoms with E-state index >= 15 is 0 Å². The number of hydrogen-bond acceptors (Lipinski definition) is 7. The summed E-state index contributed by atoms with van der Waals surface area (Å²) in [5, 5.41) is 0. The summed E-state index contributed by atoms with van der Waals surface area (Å²) in [5.74, 6) is -2.40. The van der Waals surface area contributed by atoms with Crippen molar-refractivity contribution in [2.75, 3.05) is 7.11 Å². The summed E-state index contributed by atoms with van der Waals surface area (Å²) in [4.78, 5) is 46.7. The van der Waals surface area contributed by atoms with Crippen LogP contribution >= 0.6 is 0 Å². The maximum Gasteiger partial charge on any atom is 0.351 e. The van der Waals surface area contributed by atoms with Gasteiger partial charge in [-0.15, -0.1) is 0 Å². The van der Waals surface area contributed by atoms with Gasteiger partial charge >= 0.3 is 17.9 Å². The van der Waals surface area contributed by atoms with E-state index < -0.39 is 40.9 Å². The summed E-state index contributed by atoms with van der Waals surface area (Å²) >= 11 is 0. The van der Waals surface area contributed by atoms with E-state index in [0.717, 1.165) is 7.11 Å². The highest BCUT2D eigenvalue weighted by molar-refractivity contribution is 5.86. The van der Waals surface area contributed by atoms with Crippen molar-refractivity contribution < 1.29 is 33.4 Å². The van der Waals surface area contributed by atoms with Crippen molar-refractivity contribution >= 4 is 24.2 Å². The van der Waals surface area contributed by atoms with Crippen LogP contribution in [-0.2, 0) is 33.4 Å². The molecule has 0 saturated carbocycles. The van der Waals surface area contributed by atoms with Crippen LogP contribution in [0.5, 0.6) is 0 Å². The van der Waals surface area contributed by atoms with Crippen molar-refractivity contribution in [3.63, 3.8) is 0 Å². The zero-order chi connectivity index (χ0) is 17.7. The Morgan fingerprint density at radius 2 is 1.27 bits per heavy atom. The van der Waals surface area contributed by atoms with Crippen molar-refractivity contribution in [1.29, 1.82) is 0 Å². The average Bonchev–Trinajstić information content (AvgIpc) is 2.38. The van der Waals surface area contributed by atoms with Gasteiger partial charge in [-0.2, -0.15) is 0 Å². The van der Waals surface area contributed by atoms with E-state index in [-0.39, 0.29) is 6.29 Å². The number of carbonyl (C=O) groups excluding carboxylic acids is 4. The van der Waals surface area contributed by atoms with E-state index in [0.29, 0.717) is 0 Å². The molecule has 0 fully saturated rings. The van der Waals surface area contributed by atoms with Gasteiger partial charge in [0.25, 0.3) is 0 Å². The highest BCUT2D eigenvalue weighted by atomic mass is 16.6. The molecule has 0 aliphatic rings. The van der Waals surface area contributed by atoms with Crippen molar-refractivity contribution in [2.24, 2.45) is 10.8 Å². The van der Waals surface area contributed by atoms with Crippen molar-refractivity contribution in [2.45, 2.75) is 53.8 Å². The molecule has 0 aliphatic carbocycles. The van der Waals surface area contributed by atoms with Crippen molar-refractivity contribution in [3.8, 4) is 0 Å². The van der Waals surface area contributed by atoms with Crippen LogP contribution in [0, 0.1) is 10.8 Å². The summed E-state index contributed by atoms with van der Waals surface area (Å²) in [6.07, 6.45) is -2.97. The number of aldehydes is 1. The number of esters is 3. The highest BCUT2D eigenvalue weighted by Gasteiger charge is 2.40. The second-order valence-corrected chi connectivity index (χ2v) is 6.86. The average molecular weight is 316 g/mol. The molecule has 126 valence electrons. The molecule has 0 aromatic carbocycles. The third-order valence-electron chi connectivity index (χ3n) is 2.57. The largest absolute Gasteiger partial charge is 0.466 e. The van der Waals surface area contributed by atoms with Crippen LogP contribution in [0.1, 0.15) is 41.5 Å². The first-order valence-corrected chi connectivity index (χ1v) is 6.80. The van der Waals surface area contributed by atoms with Gasteiger partial charge in [0.05, 0.1) is 17.9 Å². The molecule has 0 N–H and O–H groups in total. The lowest BCUT2D eigenvalue weighted by molar-refractivity contribution is -0.187. The van der Waals surface area contributed by atoms with Gasteiger partial charge in [0.1, 0.15) is 0 Å². The Balaban J connectivity index is 5.30. The molecule has 0 spiro atoms. The van der Waals surface area contributed by atoms with Crippen LogP contribution in [0.3, 0.4) is 0 Å². The van der Waals surface area contributed by atoms with Crippen LogP contribution in [0.4, 0.5) is 0 Å². The minimum Gasteiger partial charge on any atom is -0.466 e. The Hall–Kier alpha value is -1.92. The van der Waals surface area contributed by atoms with Crippen LogP contribution in [-0.4, -0.2) is 43.5 Å². The molecule has 0 rings (SSSR count). The first kappa shape index (κ1) is 20.1. The number of hydrogen-bond donors (Lipinski definition) is 0. The van der Waals surface area contributed by atoms with Crippen molar-refractivity contribution in [3.05, 3.63) is 0 Å². The summed E-state index contributed by atoms with van der Waals surface area (Å²) in [7, 11) is 1.08. The molecule has 0 aromatic rings. The molecule has 0 aromatic heterocycles. The van der Waals surface area contributed by atoms with E-state index in [2.05, 4.69) is 4.74 Å². The lowest BCUT2D eigenvalue weighted by atomic mass is 9.96. The summed E-state index contributed by atoms with van der Waals surface area (Å²) in [6, 6.07) is 0. The molecule has 22 heavy (non-hydrogen) atoms. The lowest BCUT2D eigenvalue weighted by Crippen LogP contribution is -2.45. The van der Waals surface area contributed by atoms with Gasteiger partial charge in [-0.25, -0.2) is 4.79 Å². The van der Waals surface area contributed by atoms with E-state index in [9.17, 15) is 19.2 Å². The first-order valence-electron chi connectivity index (χ1n) is 6.80. The number of methoxy groups -OCH3 is 1. The van der Waals surface area contributed by atoms with E-state index in [1.165, 1.54) is 0 Å². The van der Waals surface area contributed by atoms with Gasteiger partial charge in [0.15, 0.2) is 6.29 Å². The van der Waals surface area contributed by atoms with Gasteiger partial charge in [0, 0.05) is 0 Å². The minimum absolute atomic E-state index is 0.237. The Morgan fingerprint density at radius 3 is 1.59 bits per heavy atom. The van der Waals surface area contributed by atoms with Crippen molar-refractivity contribution in [1.82, 2.24) is 0 Å². The predicted octanol–water partition coefficient (Wildman–Crippen LogP) is 1.27. The van der Waals surface area contributed by atoms with E-state index in [1.54, 1.807) is 41.5 Å². The van der Waals surface area contributed by atoms with Crippen LogP contribution < -0.4 is 0 Å². The van der Waals surface area contributed by atoms with E-state index in [1.807, 2.05) is 0 Å². The Morgan fingerprint density at radius 1 is 0.864 bits per heavy atom. The minimum atomic E-state index is -1.64. The SMILES string of the molecule is COC(=O)[C@H](OC(=O)C(C)(C)C)[C@H](C=O)OC(=O)C(C)(C)C. The quantitative estimate of drug-likeness (QED) is 0.428. The first-order chi connectivity index (χ1) is 9.84. The van der Waals surface area contributed by atoms with E-state index in [4.69, 9.17) is 9.47 Å². The lowest BCUT2D eigenvalue weighted by Gasteiger charge is -2.26. The molecule has 0 unspecified atom stereocenters. The normalized spacial score (nSPS) is 14.5. The molecular formula is C15H24O7. The Labute approximate surface area is 130 Å². The molecule has 0 bridgehead atoms. The molecular weight excluding hydrogens is 292 g/mol. The third-order valence-corrected chi connectivity index (χ3v) is 2.57. The van der Waals surface area contributed by atoms with Gasteiger partial charge < -0.3 is 14.2 Å². The highest BCUT2D eigenvalue weighted by Crippen LogP contribution is 2.21. The summed E-state index contributed by atoms with van der Waals surface area (Å²) in [6.45, 7) is 9.52. The second kappa shape index (κ2) is 7.38. The molecule has 2 atom stereocenters. The monoisotopic (exact) mass is 316 g/mol. The Bertz CT molecular complexity index is 440. The molecule has 7 heteroatoms. The fraction of sp³-hybridized carbons (Fsp3) is 0.733. The molecule has 0 radical (unpaired) electrons. The maximum absolute atomic E-state index is 11.9. The number of rotatable bonds is 5.